The fourth-order valence-electron chi connectivity index (χ4n) is 2.58. The van der Waals surface area contributed by atoms with Crippen LogP contribution in [0.5, 0.6) is 5.75 Å². The van der Waals surface area contributed by atoms with E-state index in [4.69, 9.17) is 4.99 Å². The van der Waals surface area contributed by atoms with Crippen LogP contribution in [0.2, 0.25) is 0 Å². The highest BCUT2D eigenvalue weighted by molar-refractivity contribution is 6.02. The van der Waals surface area contributed by atoms with E-state index >= 15 is 0 Å². The fourth-order valence-corrected chi connectivity index (χ4v) is 2.58. The summed E-state index contributed by atoms with van der Waals surface area (Å²) >= 11 is 0. The van der Waals surface area contributed by atoms with Crippen molar-refractivity contribution in [2.24, 2.45) is 4.99 Å². The number of aliphatic imine (C=N–C) groups is 1. The number of rotatable bonds is 2. The van der Waals surface area contributed by atoms with E-state index in [-0.39, 0.29) is 16.6 Å². The van der Waals surface area contributed by atoms with Crippen molar-refractivity contribution in [3.05, 3.63) is 59.2 Å². The highest BCUT2D eigenvalue weighted by Crippen LogP contribution is 2.33. The van der Waals surface area contributed by atoms with E-state index < -0.39 is 0 Å². The molecule has 0 spiro atoms. The minimum atomic E-state index is 0.0638. The van der Waals surface area contributed by atoms with Crippen LogP contribution >= 0.6 is 0 Å². The molecular formula is C22H29NO. The Morgan fingerprint density at radius 1 is 0.833 bits per heavy atom. The van der Waals surface area contributed by atoms with Gasteiger partial charge in [0.05, 0.1) is 5.69 Å². The minimum Gasteiger partial charge on any atom is -0.507 e. The van der Waals surface area contributed by atoms with E-state index in [1.807, 2.05) is 25.1 Å². The van der Waals surface area contributed by atoms with Gasteiger partial charge in [-0.15, -0.1) is 0 Å². The van der Waals surface area contributed by atoms with Gasteiger partial charge in [0.15, 0.2) is 0 Å². The van der Waals surface area contributed by atoms with E-state index in [0.717, 1.165) is 17.0 Å². The molecule has 0 saturated heterocycles. The third kappa shape index (κ3) is 4.25. The van der Waals surface area contributed by atoms with Crippen molar-refractivity contribution in [1.29, 1.82) is 0 Å². The van der Waals surface area contributed by atoms with E-state index in [2.05, 4.69) is 59.7 Å². The second-order valence-electron chi connectivity index (χ2n) is 8.48. The molecule has 0 bridgehead atoms. The number of phenols is 1. The zero-order valence-corrected chi connectivity index (χ0v) is 15.9. The second kappa shape index (κ2) is 6.43. The second-order valence-corrected chi connectivity index (χ2v) is 8.48. The normalized spacial score (nSPS) is 13.2. The molecule has 0 radical (unpaired) electrons. The molecule has 0 heterocycles. The van der Waals surface area contributed by atoms with Crippen molar-refractivity contribution in [2.75, 3.05) is 0 Å². The monoisotopic (exact) mass is 323 g/mol. The molecule has 2 aromatic carbocycles. The van der Waals surface area contributed by atoms with Gasteiger partial charge in [-0.05, 0) is 53.1 Å². The molecular weight excluding hydrogens is 294 g/mol. The van der Waals surface area contributed by atoms with Gasteiger partial charge in [0.2, 0.25) is 0 Å². The van der Waals surface area contributed by atoms with Crippen LogP contribution in [-0.4, -0.2) is 10.8 Å². The van der Waals surface area contributed by atoms with Crippen LogP contribution in [0.25, 0.3) is 0 Å². The Hall–Kier alpha value is -2.09. The van der Waals surface area contributed by atoms with Crippen LogP contribution in [0, 0.1) is 0 Å². The number of benzene rings is 2. The first-order valence-electron chi connectivity index (χ1n) is 8.48. The summed E-state index contributed by atoms with van der Waals surface area (Å²) in [6, 6.07) is 13.9. The molecule has 1 N–H and O–H groups in total. The molecule has 0 unspecified atom stereocenters. The average Bonchev–Trinajstić information content (AvgIpc) is 2.45. The predicted octanol–water partition coefficient (Wildman–Crippen LogP) is 6.13. The molecule has 0 aliphatic heterocycles. The fraction of sp³-hybridized carbons (Fsp3) is 0.409. The molecule has 128 valence electrons. The van der Waals surface area contributed by atoms with Crippen LogP contribution in [0.15, 0.2) is 47.5 Å². The van der Waals surface area contributed by atoms with E-state index in [1.165, 1.54) is 11.1 Å². The average molecular weight is 323 g/mol. The smallest absolute Gasteiger partial charge is 0.124 e. The Bertz CT molecular complexity index is 726. The highest BCUT2D eigenvalue weighted by atomic mass is 16.3. The SMILES string of the molecule is C/C(=N\c1cc(C(C)(C)C)cc(C(C)(C)C)c1)c1ccccc1O. The third-order valence-corrected chi connectivity index (χ3v) is 4.24. The third-order valence-electron chi connectivity index (χ3n) is 4.24. The quantitative estimate of drug-likeness (QED) is 0.663. The van der Waals surface area contributed by atoms with Crippen molar-refractivity contribution in [3.63, 3.8) is 0 Å². The lowest BCUT2D eigenvalue weighted by atomic mass is 9.80. The molecule has 0 amide bonds. The van der Waals surface area contributed by atoms with Gasteiger partial charge < -0.3 is 5.11 Å². The summed E-state index contributed by atoms with van der Waals surface area (Å²) in [5, 5.41) is 10.0. The molecule has 2 aromatic rings. The molecule has 0 aromatic heterocycles. The molecule has 0 fully saturated rings. The van der Waals surface area contributed by atoms with Crippen molar-refractivity contribution in [2.45, 2.75) is 59.3 Å². The van der Waals surface area contributed by atoms with Gasteiger partial charge in [-0.2, -0.15) is 0 Å². The van der Waals surface area contributed by atoms with Gasteiger partial charge in [-0.25, -0.2) is 0 Å². The first kappa shape index (κ1) is 18.3. The van der Waals surface area contributed by atoms with Crippen LogP contribution < -0.4 is 0 Å². The van der Waals surface area contributed by atoms with E-state index in [9.17, 15) is 5.11 Å². The van der Waals surface area contributed by atoms with Crippen LogP contribution in [0.4, 0.5) is 5.69 Å². The summed E-state index contributed by atoms with van der Waals surface area (Å²) in [7, 11) is 0. The molecule has 0 aliphatic rings. The Balaban J connectivity index is 2.57. The zero-order chi connectivity index (χ0) is 18.1. The summed E-state index contributed by atoms with van der Waals surface area (Å²) in [4.78, 5) is 4.80. The number of aromatic hydroxyl groups is 1. The molecule has 0 aliphatic carbocycles. The molecule has 24 heavy (non-hydrogen) atoms. The van der Waals surface area contributed by atoms with Crippen LogP contribution in [0.1, 0.15) is 65.2 Å². The number of phenolic OH excluding ortho intramolecular Hbond substituents is 1. The van der Waals surface area contributed by atoms with Crippen LogP contribution in [-0.2, 0) is 10.8 Å². The Morgan fingerprint density at radius 3 is 1.79 bits per heavy atom. The van der Waals surface area contributed by atoms with E-state index in [0.29, 0.717) is 0 Å². The highest BCUT2D eigenvalue weighted by Gasteiger charge is 2.20. The summed E-state index contributed by atoms with van der Waals surface area (Å²) < 4.78 is 0. The van der Waals surface area contributed by atoms with Gasteiger partial charge >= 0.3 is 0 Å². The van der Waals surface area contributed by atoms with Gasteiger partial charge in [0.25, 0.3) is 0 Å². The number of nitrogens with zero attached hydrogens (tertiary/aromatic N) is 1. The lowest BCUT2D eigenvalue weighted by Crippen LogP contribution is -2.16. The molecule has 0 atom stereocenters. The van der Waals surface area contributed by atoms with Crippen molar-refractivity contribution in [1.82, 2.24) is 0 Å². The Morgan fingerprint density at radius 2 is 1.33 bits per heavy atom. The zero-order valence-electron chi connectivity index (χ0n) is 15.9. The van der Waals surface area contributed by atoms with Crippen molar-refractivity contribution < 1.29 is 5.11 Å². The molecule has 2 nitrogen and oxygen atoms in total. The maximum Gasteiger partial charge on any atom is 0.124 e. The first-order valence-corrected chi connectivity index (χ1v) is 8.48. The van der Waals surface area contributed by atoms with Gasteiger partial charge in [0, 0.05) is 11.3 Å². The Kier molecular flexibility index (Phi) is 4.89. The summed E-state index contributed by atoms with van der Waals surface area (Å²) in [5.41, 5.74) is 5.21. The van der Waals surface area contributed by atoms with E-state index in [1.54, 1.807) is 6.07 Å². The maximum absolute atomic E-state index is 10.0. The molecule has 0 saturated carbocycles. The summed E-state index contributed by atoms with van der Waals surface area (Å²) in [6.07, 6.45) is 0. The van der Waals surface area contributed by atoms with Gasteiger partial charge in [0.1, 0.15) is 5.75 Å². The summed E-state index contributed by atoms with van der Waals surface area (Å²) in [6.45, 7) is 15.3. The number of para-hydroxylation sites is 1. The van der Waals surface area contributed by atoms with Crippen molar-refractivity contribution in [3.8, 4) is 5.75 Å². The van der Waals surface area contributed by atoms with Gasteiger partial charge in [-0.1, -0.05) is 59.7 Å². The predicted molar refractivity (Wildman–Crippen MR) is 104 cm³/mol. The molecule has 2 heteroatoms. The van der Waals surface area contributed by atoms with Gasteiger partial charge in [-0.3, -0.25) is 4.99 Å². The standard InChI is InChI=1S/C22H29NO/c1-15(19-10-8-9-11-20(19)24)23-18-13-16(21(2,3)4)12-17(14-18)22(5,6)7/h8-14,24H,1-7H3/b23-15+. The number of hydrogen-bond donors (Lipinski definition) is 1. The van der Waals surface area contributed by atoms with Crippen molar-refractivity contribution >= 4 is 11.4 Å². The lowest BCUT2D eigenvalue weighted by molar-refractivity contribution is 0.474. The maximum atomic E-state index is 10.0. The minimum absolute atomic E-state index is 0.0638. The number of hydrogen-bond acceptors (Lipinski definition) is 2. The first-order chi connectivity index (χ1) is 11.0. The topological polar surface area (TPSA) is 32.6 Å². The largest absolute Gasteiger partial charge is 0.507 e. The lowest BCUT2D eigenvalue weighted by Gasteiger charge is -2.25. The van der Waals surface area contributed by atoms with Crippen LogP contribution in [0.3, 0.4) is 0 Å². The Labute approximate surface area is 146 Å². The summed E-state index contributed by atoms with van der Waals surface area (Å²) in [5.74, 6) is 0.266. The molecule has 2 rings (SSSR count).